The Labute approximate surface area is 113 Å². The average Bonchev–Trinajstić information content (AvgIpc) is 2.46. The standard InChI is InChI=1S/C15H19N3O/c1-12-10-16-15(17-11-12)18(2)14(8-9-19)13-6-4-3-5-7-13/h3-7,10-11,14,19H,8-9H2,1-2H3. The summed E-state index contributed by atoms with van der Waals surface area (Å²) in [6, 6.07) is 10.2. The molecule has 19 heavy (non-hydrogen) atoms. The topological polar surface area (TPSA) is 49.2 Å². The summed E-state index contributed by atoms with van der Waals surface area (Å²) in [4.78, 5) is 10.7. The Balaban J connectivity index is 2.26. The van der Waals surface area contributed by atoms with Crippen LogP contribution in [-0.4, -0.2) is 28.7 Å². The molecule has 100 valence electrons. The normalized spacial score (nSPS) is 12.2. The molecule has 0 radical (unpaired) electrons. The summed E-state index contributed by atoms with van der Waals surface area (Å²) in [6.07, 6.45) is 4.26. The Morgan fingerprint density at radius 1 is 1.16 bits per heavy atom. The van der Waals surface area contributed by atoms with E-state index < -0.39 is 0 Å². The van der Waals surface area contributed by atoms with E-state index in [9.17, 15) is 5.11 Å². The third kappa shape index (κ3) is 3.29. The highest BCUT2D eigenvalue weighted by atomic mass is 16.3. The zero-order valence-corrected chi connectivity index (χ0v) is 11.3. The first-order chi connectivity index (χ1) is 9.22. The van der Waals surface area contributed by atoms with E-state index >= 15 is 0 Å². The molecule has 0 aliphatic carbocycles. The van der Waals surface area contributed by atoms with Crippen molar-refractivity contribution in [2.75, 3.05) is 18.6 Å². The van der Waals surface area contributed by atoms with Crippen molar-refractivity contribution >= 4 is 5.95 Å². The lowest BCUT2D eigenvalue weighted by Gasteiger charge is -2.28. The van der Waals surface area contributed by atoms with Gasteiger partial charge < -0.3 is 10.0 Å². The highest BCUT2D eigenvalue weighted by molar-refractivity contribution is 5.35. The fraction of sp³-hybridized carbons (Fsp3) is 0.333. The minimum absolute atomic E-state index is 0.0777. The Morgan fingerprint density at radius 3 is 2.37 bits per heavy atom. The molecular weight excluding hydrogens is 238 g/mol. The minimum atomic E-state index is 0.0777. The number of anilines is 1. The fourth-order valence-electron chi connectivity index (χ4n) is 2.09. The molecule has 2 rings (SSSR count). The number of aryl methyl sites for hydroxylation is 1. The molecule has 2 aromatic rings. The van der Waals surface area contributed by atoms with Crippen molar-refractivity contribution in [2.24, 2.45) is 0 Å². The quantitative estimate of drug-likeness (QED) is 0.893. The van der Waals surface area contributed by atoms with Gasteiger partial charge in [0.15, 0.2) is 0 Å². The molecular formula is C15H19N3O. The van der Waals surface area contributed by atoms with Crippen LogP contribution in [-0.2, 0) is 0 Å². The smallest absolute Gasteiger partial charge is 0.225 e. The van der Waals surface area contributed by atoms with E-state index in [0.29, 0.717) is 12.4 Å². The molecule has 1 heterocycles. The number of aromatic nitrogens is 2. The van der Waals surface area contributed by atoms with Crippen LogP contribution in [0.2, 0.25) is 0 Å². The van der Waals surface area contributed by atoms with Gasteiger partial charge in [0.25, 0.3) is 0 Å². The van der Waals surface area contributed by atoms with Gasteiger partial charge in [0.2, 0.25) is 5.95 Å². The van der Waals surface area contributed by atoms with Gasteiger partial charge in [0.05, 0.1) is 6.04 Å². The average molecular weight is 257 g/mol. The van der Waals surface area contributed by atoms with Crippen LogP contribution in [0.5, 0.6) is 0 Å². The summed E-state index contributed by atoms with van der Waals surface area (Å²) >= 11 is 0. The molecule has 0 aliphatic rings. The van der Waals surface area contributed by atoms with Crippen LogP contribution in [0.25, 0.3) is 0 Å². The van der Waals surface area contributed by atoms with E-state index in [2.05, 4.69) is 22.1 Å². The van der Waals surface area contributed by atoms with E-state index in [1.807, 2.05) is 37.1 Å². The number of rotatable bonds is 5. The van der Waals surface area contributed by atoms with E-state index in [4.69, 9.17) is 0 Å². The summed E-state index contributed by atoms with van der Waals surface area (Å²) in [6.45, 7) is 2.10. The highest BCUT2D eigenvalue weighted by Gasteiger charge is 2.18. The van der Waals surface area contributed by atoms with Gasteiger partial charge in [0, 0.05) is 26.0 Å². The lowest BCUT2D eigenvalue weighted by molar-refractivity contribution is 0.274. The molecule has 4 nitrogen and oxygen atoms in total. The Morgan fingerprint density at radius 2 is 1.79 bits per heavy atom. The molecule has 1 N–H and O–H groups in total. The number of hydrogen-bond acceptors (Lipinski definition) is 4. The predicted molar refractivity (Wildman–Crippen MR) is 76.1 cm³/mol. The second-order valence-corrected chi connectivity index (χ2v) is 4.61. The van der Waals surface area contributed by atoms with Crippen LogP contribution in [0, 0.1) is 6.92 Å². The van der Waals surface area contributed by atoms with Gasteiger partial charge in [0.1, 0.15) is 0 Å². The van der Waals surface area contributed by atoms with E-state index in [1.54, 1.807) is 12.4 Å². The van der Waals surface area contributed by atoms with Gasteiger partial charge in [-0.05, 0) is 24.5 Å². The Kier molecular flexibility index (Phi) is 4.47. The summed E-state index contributed by atoms with van der Waals surface area (Å²) < 4.78 is 0. The number of benzene rings is 1. The summed E-state index contributed by atoms with van der Waals surface area (Å²) in [7, 11) is 1.96. The van der Waals surface area contributed by atoms with Crippen LogP contribution >= 0.6 is 0 Å². The van der Waals surface area contributed by atoms with Crippen LogP contribution in [0.3, 0.4) is 0 Å². The monoisotopic (exact) mass is 257 g/mol. The molecule has 1 atom stereocenters. The lowest BCUT2D eigenvalue weighted by atomic mass is 10.0. The number of aliphatic hydroxyl groups excluding tert-OH is 1. The Bertz CT molecular complexity index is 499. The molecule has 0 aliphatic heterocycles. The highest BCUT2D eigenvalue weighted by Crippen LogP contribution is 2.25. The zero-order chi connectivity index (χ0) is 13.7. The second-order valence-electron chi connectivity index (χ2n) is 4.61. The third-order valence-electron chi connectivity index (χ3n) is 3.14. The maximum absolute atomic E-state index is 9.27. The Hall–Kier alpha value is -1.94. The number of nitrogens with zero attached hydrogens (tertiary/aromatic N) is 3. The van der Waals surface area contributed by atoms with Crippen molar-refractivity contribution < 1.29 is 5.11 Å². The lowest BCUT2D eigenvalue weighted by Crippen LogP contribution is -2.26. The van der Waals surface area contributed by atoms with Gasteiger partial charge >= 0.3 is 0 Å². The first-order valence-electron chi connectivity index (χ1n) is 6.39. The number of hydrogen-bond donors (Lipinski definition) is 1. The maximum Gasteiger partial charge on any atom is 0.225 e. The largest absolute Gasteiger partial charge is 0.396 e. The van der Waals surface area contributed by atoms with E-state index in [0.717, 1.165) is 11.1 Å². The van der Waals surface area contributed by atoms with Crippen molar-refractivity contribution in [3.8, 4) is 0 Å². The fourth-order valence-corrected chi connectivity index (χ4v) is 2.09. The number of aliphatic hydroxyl groups is 1. The van der Waals surface area contributed by atoms with Crippen molar-refractivity contribution in [2.45, 2.75) is 19.4 Å². The van der Waals surface area contributed by atoms with Gasteiger partial charge in [-0.3, -0.25) is 0 Å². The summed E-state index contributed by atoms with van der Waals surface area (Å²) in [5, 5.41) is 9.27. The van der Waals surface area contributed by atoms with Crippen LogP contribution in [0.1, 0.15) is 23.6 Å². The molecule has 1 unspecified atom stereocenters. The molecule has 1 aromatic heterocycles. The minimum Gasteiger partial charge on any atom is -0.396 e. The molecule has 0 spiro atoms. The SMILES string of the molecule is Cc1cnc(N(C)C(CCO)c2ccccc2)nc1. The molecule has 0 amide bonds. The van der Waals surface area contributed by atoms with E-state index in [1.165, 1.54) is 0 Å². The van der Waals surface area contributed by atoms with Crippen molar-refractivity contribution in [1.29, 1.82) is 0 Å². The van der Waals surface area contributed by atoms with Gasteiger partial charge in [-0.1, -0.05) is 30.3 Å². The van der Waals surface area contributed by atoms with Gasteiger partial charge in [-0.15, -0.1) is 0 Å². The summed E-state index contributed by atoms with van der Waals surface area (Å²) in [5.41, 5.74) is 2.19. The molecule has 0 bridgehead atoms. The van der Waals surface area contributed by atoms with Crippen LogP contribution in [0.15, 0.2) is 42.7 Å². The molecule has 0 saturated carbocycles. The van der Waals surface area contributed by atoms with Crippen molar-refractivity contribution in [1.82, 2.24) is 9.97 Å². The molecule has 1 aromatic carbocycles. The maximum atomic E-state index is 9.27. The first kappa shape index (κ1) is 13.5. The predicted octanol–water partition coefficient (Wildman–Crippen LogP) is 2.34. The first-order valence-corrected chi connectivity index (χ1v) is 6.39. The molecule has 4 heteroatoms. The zero-order valence-electron chi connectivity index (χ0n) is 11.3. The second kappa shape index (κ2) is 6.29. The third-order valence-corrected chi connectivity index (χ3v) is 3.14. The van der Waals surface area contributed by atoms with Crippen molar-refractivity contribution in [3.05, 3.63) is 53.9 Å². The van der Waals surface area contributed by atoms with Gasteiger partial charge in [-0.25, -0.2) is 9.97 Å². The van der Waals surface area contributed by atoms with Gasteiger partial charge in [-0.2, -0.15) is 0 Å². The van der Waals surface area contributed by atoms with E-state index in [-0.39, 0.29) is 12.6 Å². The van der Waals surface area contributed by atoms with Crippen molar-refractivity contribution in [3.63, 3.8) is 0 Å². The molecule has 0 fully saturated rings. The van der Waals surface area contributed by atoms with Crippen LogP contribution < -0.4 is 4.90 Å². The summed E-state index contributed by atoms with van der Waals surface area (Å²) in [5.74, 6) is 0.674. The van der Waals surface area contributed by atoms with Crippen LogP contribution in [0.4, 0.5) is 5.95 Å². The molecule has 0 saturated heterocycles.